The van der Waals surface area contributed by atoms with Crippen molar-refractivity contribution in [2.75, 3.05) is 0 Å². The molecule has 1 unspecified atom stereocenters. The molecule has 2 aliphatic heterocycles. The molecule has 0 bridgehead atoms. The van der Waals surface area contributed by atoms with E-state index in [-0.39, 0.29) is 5.91 Å². The minimum absolute atomic E-state index is 0.191. The van der Waals surface area contributed by atoms with Gasteiger partial charge in [0.2, 0.25) is 5.91 Å². The second-order valence-corrected chi connectivity index (χ2v) is 3.23. The number of nitrogens with zero attached hydrogens (tertiary/aromatic N) is 1. The fourth-order valence-electron chi connectivity index (χ4n) is 1.88. The van der Waals surface area contributed by atoms with E-state index < -0.39 is 0 Å². The number of carbonyl (C=O) groups is 1. The van der Waals surface area contributed by atoms with Crippen LogP contribution in [-0.4, -0.2) is 23.0 Å². The molecular weight excluding hydrogens is 128 g/mol. The van der Waals surface area contributed by atoms with Crippen molar-refractivity contribution in [3.63, 3.8) is 0 Å². The molecule has 3 heteroatoms. The van der Waals surface area contributed by atoms with Crippen LogP contribution in [0.3, 0.4) is 0 Å². The molecule has 0 aromatic rings. The minimum atomic E-state index is 0.191. The zero-order chi connectivity index (χ0) is 7.14. The Bertz CT molecular complexity index is 169. The van der Waals surface area contributed by atoms with Gasteiger partial charge in [0.25, 0.3) is 0 Å². The fraction of sp³-hybridized carbons (Fsp3) is 0.857. The zero-order valence-electron chi connectivity index (χ0n) is 6.13. The summed E-state index contributed by atoms with van der Waals surface area (Å²) in [5, 5.41) is 2.10. The lowest BCUT2D eigenvalue weighted by molar-refractivity contribution is -0.121. The van der Waals surface area contributed by atoms with Gasteiger partial charge in [-0.25, -0.2) is 5.01 Å². The first-order chi connectivity index (χ1) is 4.77. The quantitative estimate of drug-likeness (QED) is 0.524. The maximum atomic E-state index is 10.8. The first kappa shape index (κ1) is 6.16. The van der Waals surface area contributed by atoms with Crippen LogP contribution < -0.4 is 5.43 Å². The fourth-order valence-corrected chi connectivity index (χ4v) is 1.88. The molecule has 0 radical (unpaired) electrons. The number of fused-ring (bicyclic) bond motifs is 1. The number of hydrogen-bond donors (Lipinski definition) is 1. The number of nitrogens with one attached hydrogen (secondary N) is 1. The summed E-state index contributed by atoms with van der Waals surface area (Å²) in [6.07, 6.45) is 3.12. The molecule has 2 atom stereocenters. The number of rotatable bonds is 0. The Labute approximate surface area is 60.4 Å². The zero-order valence-corrected chi connectivity index (χ0v) is 6.13. The molecule has 0 aliphatic carbocycles. The maximum Gasteiger partial charge on any atom is 0.235 e. The number of hydrazine groups is 1. The van der Waals surface area contributed by atoms with Crippen molar-refractivity contribution in [3.05, 3.63) is 0 Å². The van der Waals surface area contributed by atoms with E-state index in [2.05, 4.69) is 17.4 Å². The first-order valence-electron chi connectivity index (χ1n) is 3.85. The van der Waals surface area contributed by atoms with Gasteiger partial charge in [-0.15, -0.1) is 0 Å². The standard InChI is InChI=1S/C7H12N2O/c1-5-2-3-6-4-7(10)8-9(5)6/h5-6H,2-4H2,1H3,(H,8,10)/t5?,6-/m1/s1. The summed E-state index contributed by atoms with van der Waals surface area (Å²) in [5.41, 5.74) is 2.86. The average Bonchev–Trinajstić information content (AvgIpc) is 2.35. The monoisotopic (exact) mass is 140 g/mol. The molecule has 2 saturated heterocycles. The Kier molecular flexibility index (Phi) is 1.20. The molecule has 1 N–H and O–H groups in total. The highest BCUT2D eigenvalue weighted by Gasteiger charge is 2.37. The molecule has 2 rings (SSSR count). The Morgan fingerprint density at radius 1 is 1.60 bits per heavy atom. The predicted octanol–water partition coefficient (Wildman–Crippen LogP) is 0.274. The highest BCUT2D eigenvalue weighted by Crippen LogP contribution is 2.27. The summed E-state index contributed by atoms with van der Waals surface area (Å²) in [5.74, 6) is 0.191. The largest absolute Gasteiger partial charge is 0.288 e. The smallest absolute Gasteiger partial charge is 0.235 e. The third kappa shape index (κ3) is 0.736. The third-order valence-corrected chi connectivity index (χ3v) is 2.46. The van der Waals surface area contributed by atoms with Crippen LogP contribution in [0.2, 0.25) is 0 Å². The predicted molar refractivity (Wildman–Crippen MR) is 37.1 cm³/mol. The topological polar surface area (TPSA) is 32.3 Å². The molecule has 0 aromatic heterocycles. The van der Waals surface area contributed by atoms with Gasteiger partial charge in [-0.2, -0.15) is 0 Å². The third-order valence-electron chi connectivity index (χ3n) is 2.46. The van der Waals surface area contributed by atoms with Gasteiger partial charge >= 0.3 is 0 Å². The summed E-state index contributed by atoms with van der Waals surface area (Å²) < 4.78 is 0. The highest BCUT2D eigenvalue weighted by molar-refractivity contribution is 5.78. The minimum Gasteiger partial charge on any atom is -0.288 e. The number of hydrogen-bond acceptors (Lipinski definition) is 2. The van der Waals surface area contributed by atoms with Gasteiger partial charge in [-0.05, 0) is 19.8 Å². The van der Waals surface area contributed by atoms with E-state index in [1.165, 1.54) is 12.8 Å². The lowest BCUT2D eigenvalue weighted by Gasteiger charge is -2.18. The van der Waals surface area contributed by atoms with E-state index in [0.29, 0.717) is 18.5 Å². The molecular formula is C7H12N2O. The van der Waals surface area contributed by atoms with Crippen LogP contribution in [0, 0.1) is 0 Å². The van der Waals surface area contributed by atoms with E-state index in [4.69, 9.17) is 0 Å². The van der Waals surface area contributed by atoms with Crippen molar-refractivity contribution in [2.24, 2.45) is 0 Å². The number of carbonyl (C=O) groups excluding carboxylic acids is 1. The first-order valence-corrected chi connectivity index (χ1v) is 3.85. The maximum absolute atomic E-state index is 10.8. The van der Waals surface area contributed by atoms with Crippen LogP contribution in [0.15, 0.2) is 0 Å². The SMILES string of the molecule is CC1CC[C@@H]2CC(=O)NN12. The van der Waals surface area contributed by atoms with Gasteiger partial charge in [0.1, 0.15) is 0 Å². The Morgan fingerprint density at radius 3 is 3.10 bits per heavy atom. The summed E-state index contributed by atoms with van der Waals surface area (Å²) in [6, 6.07) is 1.05. The average molecular weight is 140 g/mol. The lowest BCUT2D eigenvalue weighted by atomic mass is 10.1. The van der Waals surface area contributed by atoms with Crippen LogP contribution in [0.25, 0.3) is 0 Å². The molecule has 2 heterocycles. The molecule has 0 aromatic carbocycles. The Morgan fingerprint density at radius 2 is 2.40 bits per heavy atom. The molecule has 0 saturated carbocycles. The van der Waals surface area contributed by atoms with Crippen molar-refractivity contribution >= 4 is 5.91 Å². The van der Waals surface area contributed by atoms with E-state index in [1.54, 1.807) is 0 Å². The normalized spacial score (nSPS) is 39.9. The van der Waals surface area contributed by atoms with Crippen LogP contribution in [0.5, 0.6) is 0 Å². The molecule has 0 spiro atoms. The summed E-state index contributed by atoms with van der Waals surface area (Å²) in [7, 11) is 0. The van der Waals surface area contributed by atoms with Crippen molar-refractivity contribution in [1.29, 1.82) is 0 Å². The van der Waals surface area contributed by atoms with Gasteiger partial charge in [0.15, 0.2) is 0 Å². The van der Waals surface area contributed by atoms with Crippen LogP contribution >= 0.6 is 0 Å². The van der Waals surface area contributed by atoms with Gasteiger partial charge in [-0.3, -0.25) is 10.2 Å². The molecule has 3 nitrogen and oxygen atoms in total. The van der Waals surface area contributed by atoms with E-state index in [0.717, 1.165) is 0 Å². The molecule has 1 amide bonds. The van der Waals surface area contributed by atoms with Crippen molar-refractivity contribution in [2.45, 2.75) is 38.3 Å². The molecule has 56 valence electrons. The van der Waals surface area contributed by atoms with Crippen LogP contribution in [0.4, 0.5) is 0 Å². The summed E-state index contributed by atoms with van der Waals surface area (Å²) >= 11 is 0. The van der Waals surface area contributed by atoms with E-state index in [9.17, 15) is 4.79 Å². The van der Waals surface area contributed by atoms with E-state index in [1.807, 2.05) is 0 Å². The van der Waals surface area contributed by atoms with Gasteiger partial charge in [-0.1, -0.05) is 0 Å². The van der Waals surface area contributed by atoms with Crippen molar-refractivity contribution in [3.8, 4) is 0 Å². The molecule has 2 fully saturated rings. The van der Waals surface area contributed by atoms with E-state index >= 15 is 0 Å². The van der Waals surface area contributed by atoms with Crippen molar-refractivity contribution < 1.29 is 4.79 Å². The van der Waals surface area contributed by atoms with Gasteiger partial charge < -0.3 is 0 Å². The molecule has 2 aliphatic rings. The lowest BCUT2D eigenvalue weighted by Crippen LogP contribution is -2.39. The number of amides is 1. The van der Waals surface area contributed by atoms with Gasteiger partial charge in [0.05, 0.1) is 0 Å². The molecule has 10 heavy (non-hydrogen) atoms. The highest BCUT2D eigenvalue weighted by atomic mass is 16.2. The summed E-state index contributed by atoms with van der Waals surface area (Å²) in [6.45, 7) is 2.16. The van der Waals surface area contributed by atoms with Crippen molar-refractivity contribution in [1.82, 2.24) is 10.4 Å². The second-order valence-electron chi connectivity index (χ2n) is 3.23. The Balaban J connectivity index is 2.12. The Hall–Kier alpha value is -0.570. The summed E-state index contributed by atoms with van der Waals surface area (Å²) in [4.78, 5) is 10.8. The van der Waals surface area contributed by atoms with Crippen LogP contribution in [-0.2, 0) is 4.79 Å². The van der Waals surface area contributed by atoms with Gasteiger partial charge in [0, 0.05) is 18.5 Å². The van der Waals surface area contributed by atoms with Crippen LogP contribution in [0.1, 0.15) is 26.2 Å². The second kappa shape index (κ2) is 1.95.